The molecule has 2 aromatic rings. The SMILES string of the molecule is CCn1ccnc1CC(=O)Cc1csc(N)n1. The fraction of sp³-hybridized carbons (Fsp3) is 0.364. The highest BCUT2D eigenvalue weighted by Crippen LogP contribution is 2.12. The highest BCUT2D eigenvalue weighted by Gasteiger charge is 2.11. The van der Waals surface area contributed by atoms with Gasteiger partial charge in [-0.3, -0.25) is 4.79 Å². The molecule has 0 spiro atoms. The van der Waals surface area contributed by atoms with E-state index in [1.165, 1.54) is 11.3 Å². The number of thiazole rings is 1. The number of nitrogens with zero attached hydrogens (tertiary/aromatic N) is 3. The molecule has 0 aliphatic heterocycles. The van der Waals surface area contributed by atoms with Gasteiger partial charge in [0.15, 0.2) is 5.13 Å². The number of hydrogen-bond acceptors (Lipinski definition) is 5. The number of carbonyl (C=O) groups excluding carboxylic acids is 1. The van der Waals surface area contributed by atoms with Crippen LogP contribution in [0.25, 0.3) is 0 Å². The van der Waals surface area contributed by atoms with Gasteiger partial charge < -0.3 is 10.3 Å². The number of nitrogens with two attached hydrogens (primary N) is 1. The predicted octanol–water partition coefficient (Wildman–Crippen LogP) is 1.30. The minimum absolute atomic E-state index is 0.108. The molecule has 0 saturated heterocycles. The number of carbonyl (C=O) groups is 1. The van der Waals surface area contributed by atoms with E-state index in [0.29, 0.717) is 18.0 Å². The Morgan fingerprint density at radius 3 is 3.00 bits per heavy atom. The number of rotatable bonds is 5. The lowest BCUT2D eigenvalue weighted by Gasteiger charge is -2.03. The highest BCUT2D eigenvalue weighted by atomic mass is 32.1. The first-order chi connectivity index (χ1) is 8.19. The average Bonchev–Trinajstić information content (AvgIpc) is 2.87. The van der Waals surface area contributed by atoms with E-state index in [-0.39, 0.29) is 5.78 Å². The molecule has 0 aliphatic rings. The Bertz CT molecular complexity index is 517. The zero-order valence-corrected chi connectivity index (χ0v) is 10.4. The van der Waals surface area contributed by atoms with E-state index in [2.05, 4.69) is 9.97 Å². The number of hydrogen-bond donors (Lipinski definition) is 1. The van der Waals surface area contributed by atoms with Crippen LogP contribution in [0.1, 0.15) is 18.4 Å². The van der Waals surface area contributed by atoms with Gasteiger partial charge in [-0.05, 0) is 6.92 Å². The van der Waals surface area contributed by atoms with Crippen molar-refractivity contribution in [1.29, 1.82) is 0 Å². The normalized spacial score (nSPS) is 10.6. The van der Waals surface area contributed by atoms with Crippen molar-refractivity contribution in [2.45, 2.75) is 26.3 Å². The summed E-state index contributed by atoms with van der Waals surface area (Å²) < 4.78 is 1.97. The maximum absolute atomic E-state index is 11.8. The Kier molecular flexibility index (Phi) is 3.53. The van der Waals surface area contributed by atoms with Gasteiger partial charge in [0.05, 0.1) is 18.5 Å². The molecule has 0 saturated carbocycles. The molecule has 5 nitrogen and oxygen atoms in total. The molecule has 0 radical (unpaired) electrons. The standard InChI is InChI=1S/C11H14N4OS/c1-2-15-4-3-13-10(15)6-9(16)5-8-7-17-11(12)14-8/h3-4,7H,2,5-6H2,1H3,(H2,12,14). The van der Waals surface area contributed by atoms with Crippen LogP contribution in [0.4, 0.5) is 5.13 Å². The van der Waals surface area contributed by atoms with Crippen molar-refractivity contribution in [3.8, 4) is 0 Å². The Labute approximate surface area is 103 Å². The molecule has 0 aliphatic carbocycles. The molecule has 0 fully saturated rings. The van der Waals surface area contributed by atoms with Crippen molar-refractivity contribution in [3.05, 3.63) is 29.3 Å². The summed E-state index contributed by atoms with van der Waals surface area (Å²) in [5, 5.41) is 2.32. The van der Waals surface area contributed by atoms with E-state index in [1.54, 1.807) is 6.20 Å². The quantitative estimate of drug-likeness (QED) is 0.868. The van der Waals surface area contributed by atoms with Crippen LogP contribution in [-0.2, 0) is 24.2 Å². The molecule has 6 heteroatoms. The molecule has 2 aromatic heterocycles. The Morgan fingerprint density at radius 1 is 1.53 bits per heavy atom. The van der Waals surface area contributed by atoms with Gasteiger partial charge in [0.25, 0.3) is 0 Å². The number of anilines is 1. The van der Waals surface area contributed by atoms with Crippen LogP contribution < -0.4 is 5.73 Å². The van der Waals surface area contributed by atoms with Crippen molar-refractivity contribution < 1.29 is 4.79 Å². The second-order valence-electron chi connectivity index (χ2n) is 3.70. The summed E-state index contributed by atoms with van der Waals surface area (Å²) in [6.45, 7) is 2.85. The number of nitrogen functional groups attached to an aromatic ring is 1. The zero-order chi connectivity index (χ0) is 12.3. The summed E-state index contributed by atoms with van der Waals surface area (Å²) in [5.74, 6) is 0.914. The maximum Gasteiger partial charge on any atom is 0.180 e. The zero-order valence-electron chi connectivity index (χ0n) is 9.59. The second-order valence-corrected chi connectivity index (χ2v) is 4.59. The van der Waals surface area contributed by atoms with Crippen LogP contribution in [0, 0.1) is 0 Å². The van der Waals surface area contributed by atoms with Crippen molar-refractivity contribution in [2.75, 3.05) is 5.73 Å². The lowest BCUT2D eigenvalue weighted by Crippen LogP contribution is -2.11. The van der Waals surface area contributed by atoms with Crippen molar-refractivity contribution in [1.82, 2.24) is 14.5 Å². The summed E-state index contributed by atoms with van der Waals surface area (Å²) in [4.78, 5) is 20.1. The van der Waals surface area contributed by atoms with Crippen molar-refractivity contribution in [3.63, 3.8) is 0 Å². The van der Waals surface area contributed by atoms with Gasteiger partial charge >= 0.3 is 0 Å². The van der Waals surface area contributed by atoms with Gasteiger partial charge in [0.2, 0.25) is 0 Å². The van der Waals surface area contributed by atoms with Crippen LogP contribution in [-0.4, -0.2) is 20.3 Å². The topological polar surface area (TPSA) is 73.8 Å². The van der Waals surface area contributed by atoms with E-state index >= 15 is 0 Å². The molecule has 0 aromatic carbocycles. The van der Waals surface area contributed by atoms with Crippen molar-refractivity contribution in [2.24, 2.45) is 0 Å². The highest BCUT2D eigenvalue weighted by molar-refractivity contribution is 7.13. The molecule has 17 heavy (non-hydrogen) atoms. The van der Waals surface area contributed by atoms with Gasteiger partial charge in [-0.15, -0.1) is 11.3 Å². The largest absolute Gasteiger partial charge is 0.375 e. The molecule has 2 heterocycles. The minimum atomic E-state index is 0.108. The van der Waals surface area contributed by atoms with Gasteiger partial charge in [-0.1, -0.05) is 0 Å². The molecule has 2 rings (SSSR count). The lowest BCUT2D eigenvalue weighted by molar-refractivity contribution is -0.118. The summed E-state index contributed by atoms with van der Waals surface area (Å²) >= 11 is 1.36. The third-order valence-electron chi connectivity index (χ3n) is 2.45. The van der Waals surface area contributed by atoms with Crippen LogP contribution in [0.2, 0.25) is 0 Å². The molecular formula is C11H14N4OS. The smallest absolute Gasteiger partial charge is 0.180 e. The number of imidazole rings is 1. The number of aryl methyl sites for hydroxylation is 1. The summed E-state index contributed by atoms with van der Waals surface area (Å²) in [7, 11) is 0. The minimum Gasteiger partial charge on any atom is -0.375 e. The van der Waals surface area contributed by atoms with Gasteiger partial charge in [0, 0.05) is 24.3 Å². The Hall–Kier alpha value is -1.69. The van der Waals surface area contributed by atoms with E-state index < -0.39 is 0 Å². The third-order valence-corrected chi connectivity index (χ3v) is 3.17. The molecule has 0 atom stereocenters. The first-order valence-electron chi connectivity index (χ1n) is 5.40. The van der Waals surface area contributed by atoms with Gasteiger partial charge in [-0.25, -0.2) is 9.97 Å². The van der Waals surface area contributed by atoms with E-state index in [9.17, 15) is 4.79 Å². The lowest BCUT2D eigenvalue weighted by atomic mass is 10.2. The van der Waals surface area contributed by atoms with E-state index in [4.69, 9.17) is 5.73 Å². The second kappa shape index (κ2) is 5.09. The third kappa shape index (κ3) is 2.91. The number of Topliss-reactive ketones (excluding diaryl/α,β-unsaturated/α-hetero) is 1. The van der Waals surface area contributed by atoms with Crippen LogP contribution in [0.5, 0.6) is 0 Å². The van der Waals surface area contributed by atoms with Crippen LogP contribution in [0.15, 0.2) is 17.8 Å². The predicted molar refractivity (Wildman–Crippen MR) is 66.8 cm³/mol. The van der Waals surface area contributed by atoms with Crippen molar-refractivity contribution >= 4 is 22.3 Å². The van der Waals surface area contributed by atoms with Gasteiger partial charge in [-0.2, -0.15) is 0 Å². The molecule has 0 amide bonds. The van der Waals surface area contributed by atoms with Crippen LogP contribution >= 0.6 is 11.3 Å². The molecule has 0 bridgehead atoms. The maximum atomic E-state index is 11.8. The summed E-state index contributed by atoms with van der Waals surface area (Å²) in [6.07, 6.45) is 4.26. The van der Waals surface area contributed by atoms with E-state index in [0.717, 1.165) is 18.1 Å². The Balaban J connectivity index is 1.98. The number of aromatic nitrogens is 3. The first kappa shape index (κ1) is 11.8. The fourth-order valence-electron chi connectivity index (χ4n) is 1.64. The first-order valence-corrected chi connectivity index (χ1v) is 6.28. The summed E-state index contributed by atoms with van der Waals surface area (Å²) in [6, 6.07) is 0. The van der Waals surface area contributed by atoms with Gasteiger partial charge in [0.1, 0.15) is 11.6 Å². The molecule has 90 valence electrons. The average molecular weight is 250 g/mol. The molecule has 0 unspecified atom stereocenters. The molecule has 2 N–H and O–H groups in total. The molecular weight excluding hydrogens is 236 g/mol. The number of ketones is 1. The van der Waals surface area contributed by atoms with Crippen LogP contribution in [0.3, 0.4) is 0 Å². The fourth-order valence-corrected chi connectivity index (χ4v) is 2.20. The Morgan fingerprint density at radius 2 is 2.35 bits per heavy atom. The van der Waals surface area contributed by atoms with E-state index in [1.807, 2.05) is 23.1 Å². The summed E-state index contributed by atoms with van der Waals surface area (Å²) in [5.41, 5.74) is 6.26. The monoisotopic (exact) mass is 250 g/mol.